The number of hydrogen-bond donors (Lipinski definition) is 0. The summed E-state index contributed by atoms with van der Waals surface area (Å²) >= 11 is 0. The van der Waals surface area contributed by atoms with Gasteiger partial charge in [0, 0.05) is 0 Å². The Labute approximate surface area is 94.2 Å². The van der Waals surface area contributed by atoms with Crippen LogP contribution in [0.2, 0.25) is 0 Å². The highest BCUT2D eigenvalue weighted by atomic mass is 15.2. The fourth-order valence-corrected chi connectivity index (χ4v) is 3.58. The van der Waals surface area contributed by atoms with Gasteiger partial charge in [0.1, 0.15) is 0 Å². The molecule has 1 heteroatoms. The lowest BCUT2D eigenvalue weighted by molar-refractivity contribution is 0.175. The minimum Gasteiger partial charge on any atom is -0.303 e. The van der Waals surface area contributed by atoms with Crippen LogP contribution in [0.4, 0.5) is 0 Å². The highest BCUT2D eigenvalue weighted by molar-refractivity contribution is 4.92. The van der Waals surface area contributed by atoms with E-state index < -0.39 is 0 Å². The van der Waals surface area contributed by atoms with Crippen LogP contribution in [0.1, 0.15) is 51.4 Å². The minimum atomic E-state index is 1.12. The van der Waals surface area contributed by atoms with Crippen LogP contribution in [0, 0.1) is 17.8 Å². The van der Waals surface area contributed by atoms with Crippen LogP contribution in [-0.2, 0) is 0 Å². The Hall–Kier alpha value is -0.0400. The molecule has 0 spiro atoms. The summed E-state index contributed by atoms with van der Waals surface area (Å²) in [7, 11) is 0. The Balaban J connectivity index is 1.25. The van der Waals surface area contributed by atoms with Crippen molar-refractivity contribution in [2.45, 2.75) is 51.4 Å². The van der Waals surface area contributed by atoms with Gasteiger partial charge in [-0.05, 0) is 69.5 Å². The van der Waals surface area contributed by atoms with Gasteiger partial charge < -0.3 is 4.90 Å². The lowest BCUT2D eigenvalue weighted by Crippen LogP contribution is -2.37. The van der Waals surface area contributed by atoms with Crippen molar-refractivity contribution < 1.29 is 0 Å². The summed E-state index contributed by atoms with van der Waals surface area (Å²) in [5.74, 6) is 3.48. The molecular weight excluding hydrogens is 182 g/mol. The fourth-order valence-electron chi connectivity index (χ4n) is 3.58. The Morgan fingerprint density at radius 3 is 2.60 bits per heavy atom. The fraction of sp³-hybridized carbons (Fsp3) is 1.00. The molecule has 2 aliphatic carbocycles. The zero-order valence-corrected chi connectivity index (χ0v) is 9.96. The third-order valence-corrected chi connectivity index (χ3v) is 4.94. The summed E-state index contributed by atoms with van der Waals surface area (Å²) in [5, 5.41) is 0. The molecule has 3 fully saturated rings. The summed E-state index contributed by atoms with van der Waals surface area (Å²) in [6, 6.07) is 0. The minimum absolute atomic E-state index is 1.12. The van der Waals surface area contributed by atoms with E-state index in [0.29, 0.717) is 0 Å². The van der Waals surface area contributed by atoms with Gasteiger partial charge in [0.2, 0.25) is 0 Å². The highest BCUT2D eigenvalue weighted by Gasteiger charge is 2.41. The van der Waals surface area contributed by atoms with E-state index in [1.807, 2.05) is 0 Å². The molecule has 86 valence electrons. The van der Waals surface area contributed by atoms with Crippen molar-refractivity contribution in [1.29, 1.82) is 0 Å². The average Bonchev–Trinajstić information content (AvgIpc) is 2.92. The van der Waals surface area contributed by atoms with Gasteiger partial charge >= 0.3 is 0 Å². The molecule has 3 rings (SSSR count). The molecule has 0 N–H and O–H groups in total. The van der Waals surface area contributed by atoms with E-state index in [-0.39, 0.29) is 0 Å². The van der Waals surface area contributed by atoms with Crippen molar-refractivity contribution in [3.63, 3.8) is 0 Å². The quantitative estimate of drug-likeness (QED) is 0.625. The lowest BCUT2D eigenvalue weighted by atomic mass is 9.86. The zero-order chi connectivity index (χ0) is 10.1. The molecule has 15 heavy (non-hydrogen) atoms. The van der Waals surface area contributed by atoms with Crippen molar-refractivity contribution >= 4 is 0 Å². The van der Waals surface area contributed by atoms with E-state index >= 15 is 0 Å². The van der Waals surface area contributed by atoms with Crippen LogP contribution in [-0.4, -0.2) is 24.5 Å². The molecule has 3 unspecified atom stereocenters. The van der Waals surface area contributed by atoms with E-state index in [4.69, 9.17) is 0 Å². The summed E-state index contributed by atoms with van der Waals surface area (Å²) in [6.45, 7) is 4.15. The second kappa shape index (κ2) is 4.45. The van der Waals surface area contributed by atoms with Gasteiger partial charge in [0.05, 0.1) is 0 Å². The van der Waals surface area contributed by atoms with Crippen molar-refractivity contribution in [3.8, 4) is 0 Å². The Morgan fingerprint density at radius 2 is 1.87 bits per heavy atom. The van der Waals surface area contributed by atoms with Crippen LogP contribution < -0.4 is 0 Å². The van der Waals surface area contributed by atoms with Crippen LogP contribution in [0.25, 0.3) is 0 Å². The first-order valence-electron chi connectivity index (χ1n) is 7.14. The maximum Gasteiger partial charge on any atom is -0.000654 e. The third kappa shape index (κ3) is 2.55. The van der Waals surface area contributed by atoms with Crippen LogP contribution in [0.3, 0.4) is 0 Å². The standard InChI is InChI=1S/C14H25N/c1(2-7-15-8-3-9-15)4-12-5-6-13-11-14(13)10-12/h12-14H,1-11H2. The molecule has 1 heterocycles. The van der Waals surface area contributed by atoms with Crippen molar-refractivity contribution in [3.05, 3.63) is 0 Å². The first-order valence-corrected chi connectivity index (χ1v) is 7.14. The SMILES string of the molecule is C(CCN1CCC1)CC1CCC2CC2C1. The molecule has 1 saturated heterocycles. The molecule has 2 saturated carbocycles. The van der Waals surface area contributed by atoms with Crippen LogP contribution in [0.15, 0.2) is 0 Å². The molecule has 3 aliphatic rings. The molecule has 0 aromatic heterocycles. The second-order valence-corrected chi connectivity index (χ2v) is 6.13. The Bertz CT molecular complexity index is 209. The molecule has 0 radical (unpaired) electrons. The molecule has 0 aromatic rings. The van der Waals surface area contributed by atoms with Crippen molar-refractivity contribution in [2.75, 3.05) is 19.6 Å². The number of hydrogen-bond acceptors (Lipinski definition) is 1. The van der Waals surface area contributed by atoms with Gasteiger partial charge in [-0.15, -0.1) is 0 Å². The Morgan fingerprint density at radius 1 is 0.933 bits per heavy atom. The lowest BCUT2D eigenvalue weighted by Gasteiger charge is -2.30. The summed E-state index contributed by atoms with van der Waals surface area (Å²) < 4.78 is 0. The second-order valence-electron chi connectivity index (χ2n) is 6.13. The third-order valence-electron chi connectivity index (χ3n) is 4.94. The monoisotopic (exact) mass is 207 g/mol. The van der Waals surface area contributed by atoms with E-state index in [0.717, 1.165) is 5.92 Å². The summed E-state index contributed by atoms with van der Waals surface area (Å²) in [4.78, 5) is 2.61. The summed E-state index contributed by atoms with van der Waals surface area (Å²) in [5.41, 5.74) is 0. The first-order chi connectivity index (χ1) is 7.42. The normalized spacial score (nSPS) is 39.6. The highest BCUT2D eigenvalue weighted by Crippen LogP contribution is 2.52. The predicted octanol–water partition coefficient (Wildman–Crippen LogP) is 3.30. The van der Waals surface area contributed by atoms with E-state index in [2.05, 4.69) is 4.90 Å². The van der Waals surface area contributed by atoms with Crippen LogP contribution in [0.5, 0.6) is 0 Å². The van der Waals surface area contributed by atoms with Crippen molar-refractivity contribution in [2.24, 2.45) is 17.8 Å². The molecule has 0 amide bonds. The van der Waals surface area contributed by atoms with Crippen molar-refractivity contribution in [1.82, 2.24) is 4.90 Å². The van der Waals surface area contributed by atoms with E-state index in [1.54, 1.807) is 25.7 Å². The first kappa shape index (κ1) is 10.1. The molecule has 0 aromatic carbocycles. The summed E-state index contributed by atoms with van der Waals surface area (Å²) in [6.07, 6.45) is 12.3. The van der Waals surface area contributed by atoms with Gasteiger partial charge in [0.25, 0.3) is 0 Å². The van der Waals surface area contributed by atoms with Gasteiger partial charge in [-0.1, -0.05) is 19.3 Å². The number of likely N-dealkylation sites (tertiary alicyclic amines) is 1. The van der Waals surface area contributed by atoms with Gasteiger partial charge in [0.15, 0.2) is 0 Å². The van der Waals surface area contributed by atoms with E-state index in [1.165, 1.54) is 57.2 Å². The number of unbranched alkanes of at least 4 members (excludes halogenated alkanes) is 1. The number of fused-ring (bicyclic) bond motifs is 1. The topological polar surface area (TPSA) is 3.24 Å². The van der Waals surface area contributed by atoms with Gasteiger partial charge in [-0.3, -0.25) is 0 Å². The number of rotatable bonds is 5. The maximum atomic E-state index is 2.61. The van der Waals surface area contributed by atoms with Gasteiger partial charge in [-0.2, -0.15) is 0 Å². The zero-order valence-electron chi connectivity index (χ0n) is 9.96. The maximum absolute atomic E-state index is 2.61. The smallest absolute Gasteiger partial charge is 0.000654 e. The van der Waals surface area contributed by atoms with Gasteiger partial charge in [-0.25, -0.2) is 0 Å². The average molecular weight is 207 g/mol. The molecular formula is C14H25N. The molecule has 1 nitrogen and oxygen atoms in total. The largest absolute Gasteiger partial charge is 0.303 e. The van der Waals surface area contributed by atoms with Crippen LogP contribution >= 0.6 is 0 Å². The molecule has 3 atom stereocenters. The number of nitrogens with zero attached hydrogens (tertiary/aromatic N) is 1. The van der Waals surface area contributed by atoms with E-state index in [9.17, 15) is 0 Å². The predicted molar refractivity (Wildman–Crippen MR) is 63.8 cm³/mol. The Kier molecular flexibility index (Phi) is 3.01. The molecule has 1 aliphatic heterocycles. The molecule has 0 bridgehead atoms.